The number of pyridine rings is 4. The molecule has 7 aromatic rings. The number of H-pyrrole nitrogens is 2. The molecule has 2 N–H and O–H groups in total. The standard InChI is InChI=1S/C48H45N8.5ClH.Mn/c1-5-53-29-13-9-17-41(53)45-33-21-23-35(49-33)46(42-18-10-14-30-54(42)6-2)37-25-27-39(51-37)48(44-20-12-16-32-56(44)8-4)40-28-26-38(52-40)47(36-24-22-34(45)50-36)43-19-11-15-31-55(43)7-3;;;;;;/h9-32H,5-8H2,1-4H3,(H,49,50,51,52);5*1H;/q+3;;;;;;+3/p+1. The maximum atomic E-state index is 5.52. The summed E-state index contributed by atoms with van der Waals surface area (Å²) >= 11 is 0. The SMILES string of the molecule is CC[n+]1ccccc1-c1c2nc(c(-c3cccc[n+]3CC)c3ccc([nH]3)c(-c3cccc[n+]3CC)c3nc(c(-c4cccc[n+]4CC)c4ccc1[nH]4)C=C3)C=C2.Cl.Cl.Cl.Cl.Cl.[Mn+3]. The van der Waals surface area contributed by atoms with Crippen molar-refractivity contribution in [3.05, 3.63) is 145 Å². The Kier molecular flexibility index (Phi) is 18.7. The predicted molar refractivity (Wildman–Crippen MR) is 260 cm³/mol. The van der Waals surface area contributed by atoms with E-state index in [1.165, 1.54) is 0 Å². The number of aromatic nitrogens is 8. The van der Waals surface area contributed by atoms with E-state index in [1.807, 2.05) is 0 Å². The third kappa shape index (κ3) is 9.41. The molecule has 0 aromatic carbocycles. The van der Waals surface area contributed by atoms with Gasteiger partial charge in [-0.05, 0) is 101 Å². The molecule has 0 spiro atoms. The molecule has 0 atom stereocenters. The van der Waals surface area contributed by atoms with Crippen LogP contribution in [0.25, 0.3) is 91.4 Å². The predicted octanol–water partition coefficient (Wildman–Crippen LogP) is 10.7. The zero-order valence-electron chi connectivity index (χ0n) is 34.8. The number of hydrogen-bond donors (Lipinski definition) is 2. The minimum atomic E-state index is 0. The van der Waals surface area contributed by atoms with Gasteiger partial charge in [-0.2, -0.15) is 18.3 Å². The van der Waals surface area contributed by atoms with E-state index in [4.69, 9.17) is 9.97 Å². The van der Waals surface area contributed by atoms with Crippen LogP contribution in [-0.4, -0.2) is 19.9 Å². The van der Waals surface area contributed by atoms with Gasteiger partial charge in [0.2, 0.25) is 22.8 Å². The fraction of sp³-hybridized carbons (Fsp3) is 0.167. The molecular weight excluding hydrogens is 921 g/mol. The molecule has 318 valence electrons. The van der Waals surface area contributed by atoms with Crippen molar-refractivity contribution < 1.29 is 35.3 Å². The van der Waals surface area contributed by atoms with E-state index in [1.54, 1.807) is 0 Å². The minimum absolute atomic E-state index is 0. The molecule has 0 saturated heterocycles. The van der Waals surface area contributed by atoms with E-state index >= 15 is 0 Å². The van der Waals surface area contributed by atoms with Crippen LogP contribution in [0.1, 0.15) is 50.5 Å². The van der Waals surface area contributed by atoms with Crippen LogP contribution in [0.3, 0.4) is 0 Å². The molecule has 0 radical (unpaired) electrons. The van der Waals surface area contributed by atoms with E-state index in [0.29, 0.717) is 0 Å². The summed E-state index contributed by atoms with van der Waals surface area (Å²) in [6.07, 6.45) is 17.3. The first-order valence-electron chi connectivity index (χ1n) is 19.7. The monoisotopic (exact) mass is 969 g/mol. The molecule has 0 amide bonds. The van der Waals surface area contributed by atoms with Crippen molar-refractivity contribution in [1.29, 1.82) is 0 Å². The normalized spacial score (nSPS) is 10.9. The van der Waals surface area contributed by atoms with Crippen LogP contribution >= 0.6 is 62.0 Å². The smallest absolute Gasteiger partial charge is 0.354 e. The first kappa shape index (κ1) is 51.5. The second-order valence-corrected chi connectivity index (χ2v) is 14.0. The molecule has 9 rings (SSSR count). The van der Waals surface area contributed by atoms with E-state index < -0.39 is 0 Å². The summed E-state index contributed by atoms with van der Waals surface area (Å²) in [7, 11) is 0. The van der Waals surface area contributed by atoms with Crippen molar-refractivity contribution in [3.8, 4) is 45.0 Å². The molecule has 14 heteroatoms. The Balaban J connectivity index is 0.00000171. The number of fused-ring (bicyclic) bond motifs is 8. The summed E-state index contributed by atoms with van der Waals surface area (Å²) in [5.41, 5.74) is 16.1. The molecule has 0 unspecified atom stereocenters. The Bertz CT molecular complexity index is 2530. The molecule has 7 aromatic heterocycles. The average Bonchev–Trinajstić information content (AvgIpc) is 4.10. The number of hydrogen-bond acceptors (Lipinski definition) is 2. The van der Waals surface area contributed by atoms with Gasteiger partial charge in [-0.15, -0.1) is 62.0 Å². The Morgan fingerprint density at radius 2 is 0.581 bits per heavy atom. The molecule has 2 aliphatic rings. The summed E-state index contributed by atoms with van der Waals surface area (Å²) in [4.78, 5) is 18.9. The van der Waals surface area contributed by atoms with Gasteiger partial charge in [0.1, 0.15) is 26.2 Å². The number of halogens is 5. The molecule has 2 aliphatic heterocycles. The van der Waals surface area contributed by atoms with E-state index in [2.05, 4.69) is 202 Å². The third-order valence-electron chi connectivity index (χ3n) is 10.9. The maximum Gasteiger partial charge on any atom is 3.00 e. The molecule has 8 nitrogen and oxygen atoms in total. The second kappa shape index (κ2) is 22.5. The summed E-state index contributed by atoms with van der Waals surface area (Å²) in [5.74, 6) is 0. The van der Waals surface area contributed by atoms with Gasteiger partial charge >= 0.3 is 17.1 Å². The molecular formula is C48H51Cl5MnN8+7. The first-order valence-corrected chi connectivity index (χ1v) is 19.7. The summed E-state index contributed by atoms with van der Waals surface area (Å²) in [6, 6.07) is 34.4. The Hall–Kier alpha value is -4.83. The Morgan fingerprint density at radius 3 is 0.790 bits per heavy atom. The van der Waals surface area contributed by atoms with Crippen molar-refractivity contribution in [2.24, 2.45) is 0 Å². The fourth-order valence-corrected chi connectivity index (χ4v) is 8.20. The van der Waals surface area contributed by atoms with Gasteiger partial charge in [-0.25, -0.2) is 9.97 Å². The van der Waals surface area contributed by atoms with Crippen LogP contribution in [0.15, 0.2) is 122 Å². The number of nitrogens with zero attached hydrogens (tertiary/aromatic N) is 6. The topological polar surface area (TPSA) is 72.9 Å². The van der Waals surface area contributed by atoms with Gasteiger partial charge in [-0.3, -0.25) is 0 Å². The zero-order chi connectivity index (χ0) is 38.2. The molecule has 0 saturated carbocycles. The largest absolute Gasteiger partial charge is 3.00 e. The van der Waals surface area contributed by atoms with Gasteiger partial charge in [0.25, 0.3) is 0 Å². The average molecular weight is 972 g/mol. The Morgan fingerprint density at radius 1 is 0.355 bits per heavy atom. The van der Waals surface area contributed by atoms with E-state index in [9.17, 15) is 0 Å². The molecule has 8 bridgehead atoms. The van der Waals surface area contributed by atoms with Crippen LogP contribution < -0.4 is 18.3 Å². The van der Waals surface area contributed by atoms with Crippen molar-refractivity contribution >= 4 is 108 Å². The molecule has 9 heterocycles. The maximum absolute atomic E-state index is 5.52. The van der Waals surface area contributed by atoms with Crippen LogP contribution in [0, 0.1) is 0 Å². The van der Waals surface area contributed by atoms with Gasteiger partial charge < -0.3 is 9.97 Å². The second-order valence-electron chi connectivity index (χ2n) is 14.0. The summed E-state index contributed by atoms with van der Waals surface area (Å²) in [6.45, 7) is 12.0. The van der Waals surface area contributed by atoms with Crippen LogP contribution in [0.5, 0.6) is 0 Å². The van der Waals surface area contributed by atoms with Gasteiger partial charge in [0.05, 0.1) is 67.1 Å². The van der Waals surface area contributed by atoms with Crippen LogP contribution in [0.2, 0.25) is 0 Å². The van der Waals surface area contributed by atoms with Gasteiger partial charge in [0, 0.05) is 48.5 Å². The quantitative estimate of drug-likeness (QED) is 0.118. The van der Waals surface area contributed by atoms with Gasteiger partial charge in [-0.1, -0.05) is 0 Å². The molecule has 0 aliphatic carbocycles. The first-order chi connectivity index (χ1) is 27.6. The van der Waals surface area contributed by atoms with Gasteiger partial charge in [0.15, 0.2) is 24.8 Å². The fourth-order valence-electron chi connectivity index (χ4n) is 8.20. The van der Waals surface area contributed by atoms with Crippen molar-refractivity contribution in [1.82, 2.24) is 19.9 Å². The number of aryl methyl sites for hydroxylation is 4. The third-order valence-corrected chi connectivity index (χ3v) is 10.9. The summed E-state index contributed by atoms with van der Waals surface area (Å²) in [5, 5.41) is 0. The van der Waals surface area contributed by atoms with Crippen LogP contribution in [-0.2, 0) is 43.2 Å². The number of rotatable bonds is 8. The number of aromatic amines is 2. The van der Waals surface area contributed by atoms with Crippen LogP contribution in [0.4, 0.5) is 0 Å². The Labute approximate surface area is 404 Å². The van der Waals surface area contributed by atoms with Crippen molar-refractivity contribution in [2.75, 3.05) is 0 Å². The van der Waals surface area contributed by atoms with Crippen molar-refractivity contribution in [2.45, 2.75) is 53.9 Å². The number of nitrogens with one attached hydrogen (secondary N) is 2. The minimum Gasteiger partial charge on any atom is -0.354 e. The summed E-state index contributed by atoms with van der Waals surface area (Å²) < 4.78 is 9.14. The molecule has 0 fully saturated rings. The van der Waals surface area contributed by atoms with E-state index in [0.717, 1.165) is 116 Å². The van der Waals surface area contributed by atoms with E-state index in [-0.39, 0.29) is 79.1 Å². The van der Waals surface area contributed by atoms with Crippen molar-refractivity contribution in [3.63, 3.8) is 0 Å². The zero-order valence-corrected chi connectivity index (χ0v) is 40.1. The molecule has 62 heavy (non-hydrogen) atoms.